The van der Waals surface area contributed by atoms with Crippen LogP contribution < -0.4 is 0 Å². The molecule has 0 aromatic heterocycles. The number of sulfonamides is 1. The van der Waals surface area contributed by atoms with E-state index in [2.05, 4.69) is 14.4 Å². The number of nitro benzene ring substituents is 1. The molecule has 33 heavy (non-hydrogen) atoms. The van der Waals surface area contributed by atoms with Gasteiger partial charge in [-0.25, -0.2) is 8.42 Å². The molecule has 2 atom stereocenters. The van der Waals surface area contributed by atoms with E-state index in [9.17, 15) is 18.5 Å². The summed E-state index contributed by atoms with van der Waals surface area (Å²) >= 11 is 1.82. The van der Waals surface area contributed by atoms with Crippen molar-refractivity contribution in [1.82, 2.24) is 0 Å². The molecular formula is C23H24ClN3O4RuS. The van der Waals surface area contributed by atoms with Gasteiger partial charge in [-0.3, -0.25) is 10.1 Å². The number of hydrogen-bond donors (Lipinski definition) is 0. The van der Waals surface area contributed by atoms with Gasteiger partial charge in [0.15, 0.2) is 0 Å². The summed E-state index contributed by atoms with van der Waals surface area (Å²) in [5, 5.41) is 11.2. The van der Waals surface area contributed by atoms with E-state index in [0.717, 1.165) is 0 Å². The van der Waals surface area contributed by atoms with Crippen molar-refractivity contribution in [2.24, 2.45) is 0 Å². The Hall–Kier alpha value is -2.16. The molecule has 0 amide bonds. The molecule has 2 unspecified atom stereocenters. The summed E-state index contributed by atoms with van der Waals surface area (Å²) in [5.74, 6) is -0.473. The van der Waals surface area contributed by atoms with E-state index in [-0.39, 0.29) is 18.7 Å². The molecule has 3 rings (SSSR count). The fourth-order valence-electron chi connectivity index (χ4n) is 3.17. The van der Waals surface area contributed by atoms with Gasteiger partial charge in [-0.2, -0.15) is 0 Å². The van der Waals surface area contributed by atoms with Crippen LogP contribution in [0.3, 0.4) is 0 Å². The summed E-state index contributed by atoms with van der Waals surface area (Å²) < 4.78 is 29.8. The standard InChI is InChI=1S/C22H21N3O4S.CH3.ClH.Ru/c1-16-12-13-17(14-20(16)25(26)27)15-30(28,29)24-22(19-10-6-3-7-11-19)21(23)18-8-4-2-5-9-18;;;/h2-14,21-23H,15H2,1H3;1H3;1H;/q-2;-1;;+4/p-1. The van der Waals surface area contributed by atoms with Gasteiger partial charge in [0.2, 0.25) is 0 Å². The van der Waals surface area contributed by atoms with Crippen LogP contribution >= 0.6 is 9.69 Å². The Labute approximate surface area is 209 Å². The second kappa shape index (κ2) is 13.5. The number of rotatable bonds is 8. The van der Waals surface area contributed by atoms with Crippen molar-refractivity contribution in [2.45, 2.75) is 24.8 Å². The van der Waals surface area contributed by atoms with Crippen LogP contribution in [0.4, 0.5) is 5.69 Å². The van der Waals surface area contributed by atoms with Crippen molar-refractivity contribution >= 4 is 25.4 Å². The molecule has 0 aliphatic carbocycles. The van der Waals surface area contributed by atoms with Crippen molar-refractivity contribution in [3.63, 3.8) is 0 Å². The van der Waals surface area contributed by atoms with Crippen molar-refractivity contribution in [2.75, 3.05) is 0 Å². The van der Waals surface area contributed by atoms with E-state index in [1.807, 2.05) is 29.4 Å². The van der Waals surface area contributed by atoms with Crippen LogP contribution in [0.15, 0.2) is 78.9 Å². The average Bonchev–Trinajstić information content (AvgIpc) is 2.80. The van der Waals surface area contributed by atoms with E-state index < -0.39 is 32.8 Å². The first kappa shape index (κ1) is 28.9. The van der Waals surface area contributed by atoms with E-state index in [1.54, 1.807) is 61.5 Å². The topological polar surface area (TPSA) is 115 Å². The van der Waals surface area contributed by atoms with Crippen molar-refractivity contribution < 1.29 is 30.7 Å². The molecule has 0 aliphatic heterocycles. The molecular weight excluding hydrogens is 551 g/mol. The summed E-state index contributed by atoms with van der Waals surface area (Å²) in [6.07, 6.45) is 0. The van der Waals surface area contributed by atoms with Gasteiger partial charge >= 0.3 is 27.0 Å². The second-order valence-electron chi connectivity index (χ2n) is 6.95. The summed E-state index contributed by atoms with van der Waals surface area (Å²) in [6.45, 7) is 1.59. The number of hydrogen-bond acceptors (Lipinski definition) is 4. The Balaban J connectivity index is 0.00000177. The number of benzene rings is 3. The molecule has 0 saturated carbocycles. The molecule has 7 nitrogen and oxygen atoms in total. The zero-order valence-electron chi connectivity index (χ0n) is 18.0. The monoisotopic (exact) mass is 575 g/mol. The minimum atomic E-state index is -4.01. The summed E-state index contributed by atoms with van der Waals surface area (Å²) in [6, 6.07) is 20.2. The van der Waals surface area contributed by atoms with Gasteiger partial charge in [0.25, 0.3) is 5.69 Å². The van der Waals surface area contributed by atoms with Crippen LogP contribution in [0.5, 0.6) is 0 Å². The van der Waals surface area contributed by atoms with E-state index >= 15 is 0 Å². The molecule has 10 heteroatoms. The molecule has 3 aromatic carbocycles. The third-order valence-corrected chi connectivity index (χ3v) is 5.96. The molecule has 176 valence electrons. The van der Waals surface area contributed by atoms with Crippen LogP contribution in [-0.4, -0.2) is 13.3 Å². The molecule has 0 spiro atoms. The van der Waals surface area contributed by atoms with Gasteiger partial charge in [-0.15, -0.1) is 12.1 Å². The number of halogens is 1. The molecule has 0 bridgehead atoms. The number of aryl methyl sites for hydroxylation is 1. The Morgan fingerprint density at radius 3 is 2.03 bits per heavy atom. The van der Waals surface area contributed by atoms with Crippen molar-refractivity contribution in [1.29, 1.82) is 0 Å². The first-order chi connectivity index (χ1) is 15.3. The molecule has 0 heterocycles. The predicted octanol–water partition coefficient (Wildman–Crippen LogP) is 6.78. The van der Waals surface area contributed by atoms with Gasteiger partial charge in [-0.1, -0.05) is 83.9 Å². The fraction of sp³-hybridized carbons (Fsp3) is 0.174. The summed E-state index contributed by atoms with van der Waals surface area (Å²) in [4.78, 5) is 10.6. The predicted molar refractivity (Wildman–Crippen MR) is 129 cm³/mol. The summed E-state index contributed by atoms with van der Waals surface area (Å²) in [7, 11) is 0.561. The SMILES string of the molecule is Cc1ccc(CS(=O)(=O)[N-]C(c2ccccc2)C([NH-])c2ccccc2)cc1[N+](=O)[O-].[CH3-].[Cl][Ru+3]. The van der Waals surface area contributed by atoms with Gasteiger partial charge in [-0.05, 0) is 12.5 Å². The maximum absolute atomic E-state index is 12.9. The molecule has 0 fully saturated rings. The van der Waals surface area contributed by atoms with Crippen LogP contribution in [0, 0.1) is 24.5 Å². The average molecular weight is 575 g/mol. The number of nitro groups is 1. The third-order valence-electron chi connectivity index (χ3n) is 4.71. The third kappa shape index (κ3) is 8.29. The molecule has 3 aromatic rings. The molecule has 0 saturated heterocycles. The van der Waals surface area contributed by atoms with E-state index in [1.165, 1.54) is 12.1 Å². The van der Waals surface area contributed by atoms with Gasteiger partial charge in [0, 0.05) is 11.6 Å². The van der Waals surface area contributed by atoms with Crippen LogP contribution in [0.2, 0.25) is 0 Å². The fourth-order valence-corrected chi connectivity index (χ4v) is 4.43. The zero-order chi connectivity index (χ0) is 23.7. The van der Waals surface area contributed by atoms with Gasteiger partial charge < -0.3 is 17.9 Å². The van der Waals surface area contributed by atoms with Crippen molar-refractivity contribution in [3.8, 4) is 0 Å². The molecule has 0 radical (unpaired) electrons. The summed E-state index contributed by atoms with van der Waals surface area (Å²) in [5.41, 5.74) is 10.5. The minimum absolute atomic E-state index is 0. The number of nitrogens with zero attached hydrogens (tertiary/aromatic N) is 2. The van der Waals surface area contributed by atoms with Crippen LogP contribution in [0.25, 0.3) is 10.5 Å². The first-order valence-electron chi connectivity index (χ1n) is 9.40. The Bertz CT molecular complexity index is 1130. The van der Waals surface area contributed by atoms with Gasteiger partial charge in [0.1, 0.15) is 0 Å². The molecule has 1 N–H and O–H groups in total. The second-order valence-corrected chi connectivity index (χ2v) is 8.62. The van der Waals surface area contributed by atoms with Crippen LogP contribution in [-0.2, 0) is 33.1 Å². The maximum atomic E-state index is 12.9. The van der Waals surface area contributed by atoms with E-state index in [4.69, 9.17) is 5.73 Å². The Morgan fingerprint density at radius 2 is 1.52 bits per heavy atom. The van der Waals surface area contributed by atoms with Crippen molar-refractivity contribution in [3.05, 3.63) is 129 Å². The Kier molecular flexibility index (Phi) is 11.8. The number of nitrogens with one attached hydrogen (secondary N) is 1. The normalized spacial score (nSPS) is 12.5. The van der Waals surface area contributed by atoms with E-state index in [0.29, 0.717) is 16.7 Å². The Morgan fingerprint density at radius 1 is 1.00 bits per heavy atom. The zero-order valence-corrected chi connectivity index (χ0v) is 21.3. The van der Waals surface area contributed by atoms with Crippen LogP contribution in [0.1, 0.15) is 34.3 Å². The van der Waals surface area contributed by atoms with Gasteiger partial charge in [0.05, 0.1) is 20.7 Å². The molecule has 0 aliphatic rings. The quantitative estimate of drug-likeness (QED) is 0.128. The first-order valence-corrected chi connectivity index (χ1v) is 13.2.